The molecule has 0 unspecified atom stereocenters. The Morgan fingerprint density at radius 2 is 2.21 bits per heavy atom. The highest BCUT2D eigenvalue weighted by Crippen LogP contribution is 2.17. The maximum atomic E-state index is 5.54. The van der Waals surface area contributed by atoms with Crippen LogP contribution in [-0.2, 0) is 6.67 Å². The Labute approximate surface area is 120 Å². The van der Waals surface area contributed by atoms with Crippen molar-refractivity contribution in [2.24, 2.45) is 0 Å². The quantitative estimate of drug-likeness (QED) is 0.809. The van der Waals surface area contributed by atoms with E-state index in [1.165, 1.54) is 11.5 Å². The summed E-state index contributed by atoms with van der Waals surface area (Å²) >= 11 is 7.21. The van der Waals surface area contributed by atoms with E-state index in [1.54, 1.807) is 17.1 Å². The lowest BCUT2D eigenvalue weighted by molar-refractivity contribution is 0.223. The van der Waals surface area contributed by atoms with Crippen LogP contribution in [0.15, 0.2) is 28.9 Å². The number of rotatable bonds is 3. The van der Waals surface area contributed by atoms with E-state index in [-0.39, 0.29) is 0 Å². The monoisotopic (exact) mass is 294 g/mol. The zero-order chi connectivity index (χ0) is 13.1. The molecule has 0 N–H and O–H groups in total. The average Bonchev–Trinajstić information content (AvgIpc) is 2.82. The minimum absolute atomic E-state index is 0.414. The van der Waals surface area contributed by atoms with Crippen LogP contribution in [0.2, 0.25) is 0 Å². The molecule has 0 atom stereocenters. The minimum atomic E-state index is 0.414. The fourth-order valence-corrected chi connectivity index (χ4v) is 3.09. The molecule has 0 radical (unpaired) electrons. The van der Waals surface area contributed by atoms with Crippen LogP contribution in [0.4, 0.5) is 0 Å². The summed E-state index contributed by atoms with van der Waals surface area (Å²) in [5, 5.41) is 4.43. The van der Waals surface area contributed by atoms with Crippen LogP contribution in [-0.4, -0.2) is 44.3 Å². The first-order chi connectivity index (χ1) is 9.33. The molecule has 1 aliphatic rings. The zero-order valence-corrected chi connectivity index (χ0v) is 12.0. The van der Waals surface area contributed by atoms with Gasteiger partial charge in [-0.05, 0) is 24.4 Å². The summed E-state index contributed by atoms with van der Waals surface area (Å²) < 4.78 is 7.28. The molecule has 0 saturated carbocycles. The maximum absolute atomic E-state index is 5.54. The van der Waals surface area contributed by atoms with Gasteiger partial charge in [-0.2, -0.15) is 11.8 Å². The topological polar surface area (TPSA) is 47.1 Å². The second-order valence-electron chi connectivity index (χ2n) is 4.29. The predicted octanol–water partition coefficient (Wildman–Crippen LogP) is 2.27. The summed E-state index contributed by atoms with van der Waals surface area (Å²) in [5.74, 6) is 2.87. The van der Waals surface area contributed by atoms with Crippen LogP contribution >= 0.6 is 24.0 Å². The van der Waals surface area contributed by atoms with Gasteiger partial charge in [-0.25, -0.2) is 4.68 Å². The first-order valence-electron chi connectivity index (χ1n) is 6.11. The fourth-order valence-electron chi connectivity index (χ4n) is 1.93. The lowest BCUT2D eigenvalue weighted by Crippen LogP contribution is -2.34. The molecule has 3 rings (SSSR count). The third kappa shape index (κ3) is 3.05. The summed E-state index contributed by atoms with van der Waals surface area (Å²) in [6.45, 7) is 2.84. The molecule has 19 heavy (non-hydrogen) atoms. The van der Waals surface area contributed by atoms with Gasteiger partial charge >= 0.3 is 0 Å². The van der Waals surface area contributed by atoms with Crippen molar-refractivity contribution in [2.45, 2.75) is 6.67 Å². The van der Waals surface area contributed by atoms with Crippen molar-refractivity contribution in [3.8, 4) is 11.5 Å². The first-order valence-corrected chi connectivity index (χ1v) is 7.68. The summed E-state index contributed by atoms with van der Waals surface area (Å²) in [6.07, 6.45) is 3.45. The van der Waals surface area contributed by atoms with Gasteiger partial charge in [0.25, 0.3) is 4.84 Å². The van der Waals surface area contributed by atoms with Crippen LogP contribution in [0, 0.1) is 4.84 Å². The van der Waals surface area contributed by atoms with E-state index in [4.69, 9.17) is 16.6 Å². The minimum Gasteiger partial charge on any atom is -0.409 e. The number of thioether (sulfide) groups is 1. The smallest absolute Gasteiger partial charge is 0.288 e. The predicted molar refractivity (Wildman–Crippen MR) is 77.5 cm³/mol. The van der Waals surface area contributed by atoms with Gasteiger partial charge in [0.15, 0.2) is 0 Å². The molecule has 5 nitrogen and oxygen atoms in total. The van der Waals surface area contributed by atoms with Crippen molar-refractivity contribution < 1.29 is 4.42 Å². The number of nitrogens with zero attached hydrogens (tertiary/aromatic N) is 4. The van der Waals surface area contributed by atoms with Gasteiger partial charge in [-0.3, -0.25) is 9.88 Å². The van der Waals surface area contributed by atoms with E-state index in [0.29, 0.717) is 17.4 Å². The molecule has 0 aromatic carbocycles. The lowest BCUT2D eigenvalue weighted by Gasteiger charge is -2.25. The lowest BCUT2D eigenvalue weighted by atomic mass is 10.3. The Bertz CT molecular complexity index is 589. The molecule has 2 aromatic rings. The first kappa shape index (κ1) is 12.8. The molecule has 2 aromatic heterocycles. The summed E-state index contributed by atoms with van der Waals surface area (Å²) in [6, 6.07) is 3.77. The molecule has 7 heteroatoms. The standard InChI is InChI=1S/C12H14N4OS2/c18-12-16(9-15-4-6-19-7-5-15)14-11(17-12)10-2-1-3-13-8-10/h1-3,8H,4-7,9H2. The van der Waals surface area contributed by atoms with Gasteiger partial charge < -0.3 is 4.42 Å². The molecule has 1 saturated heterocycles. The van der Waals surface area contributed by atoms with Crippen LogP contribution in [0.25, 0.3) is 11.5 Å². The largest absolute Gasteiger partial charge is 0.409 e. The van der Waals surface area contributed by atoms with Gasteiger partial charge in [0.2, 0.25) is 5.89 Å². The van der Waals surface area contributed by atoms with Crippen molar-refractivity contribution in [3.05, 3.63) is 29.4 Å². The molecule has 1 aliphatic heterocycles. The SMILES string of the molecule is S=c1oc(-c2cccnc2)nn1CN1CCSCC1. The number of hydrogen-bond donors (Lipinski definition) is 0. The Morgan fingerprint density at radius 3 is 2.95 bits per heavy atom. The van der Waals surface area contributed by atoms with Crippen LogP contribution in [0.3, 0.4) is 0 Å². The molecule has 1 fully saturated rings. The third-order valence-corrected chi connectivity index (χ3v) is 4.19. The Morgan fingerprint density at radius 1 is 1.37 bits per heavy atom. The maximum Gasteiger partial charge on any atom is 0.288 e. The van der Waals surface area contributed by atoms with Gasteiger partial charge in [0.1, 0.15) is 0 Å². The van der Waals surface area contributed by atoms with Gasteiger partial charge in [-0.15, -0.1) is 5.10 Å². The van der Waals surface area contributed by atoms with E-state index in [2.05, 4.69) is 15.0 Å². The summed E-state index contributed by atoms with van der Waals surface area (Å²) in [7, 11) is 0. The Hall–Kier alpha value is -1.18. The highest BCUT2D eigenvalue weighted by Gasteiger charge is 2.14. The molecule has 100 valence electrons. The molecular formula is C12H14N4OS2. The molecule has 3 heterocycles. The van der Waals surface area contributed by atoms with E-state index in [9.17, 15) is 0 Å². The van der Waals surface area contributed by atoms with E-state index in [0.717, 1.165) is 18.7 Å². The van der Waals surface area contributed by atoms with Gasteiger partial charge in [-0.1, -0.05) is 0 Å². The van der Waals surface area contributed by atoms with Crippen molar-refractivity contribution >= 4 is 24.0 Å². The number of hydrogen-bond acceptors (Lipinski definition) is 6. The fraction of sp³-hybridized carbons (Fsp3) is 0.417. The van der Waals surface area contributed by atoms with Gasteiger partial charge in [0, 0.05) is 37.0 Å². The van der Waals surface area contributed by atoms with E-state index < -0.39 is 0 Å². The number of aromatic nitrogens is 3. The zero-order valence-electron chi connectivity index (χ0n) is 10.4. The molecule has 0 bridgehead atoms. The third-order valence-electron chi connectivity index (χ3n) is 2.95. The van der Waals surface area contributed by atoms with Crippen molar-refractivity contribution in [3.63, 3.8) is 0 Å². The Balaban J connectivity index is 1.79. The number of pyridine rings is 1. The van der Waals surface area contributed by atoms with Crippen LogP contribution in [0.5, 0.6) is 0 Å². The molecular weight excluding hydrogens is 280 g/mol. The average molecular weight is 294 g/mol. The Kier molecular flexibility index (Phi) is 3.95. The second kappa shape index (κ2) is 5.85. The highest BCUT2D eigenvalue weighted by atomic mass is 32.2. The molecule has 0 spiro atoms. The van der Waals surface area contributed by atoms with Crippen LogP contribution < -0.4 is 0 Å². The normalized spacial score (nSPS) is 16.6. The highest BCUT2D eigenvalue weighted by molar-refractivity contribution is 7.99. The summed E-state index contributed by atoms with van der Waals surface area (Å²) in [4.78, 5) is 6.81. The van der Waals surface area contributed by atoms with Crippen molar-refractivity contribution in [1.29, 1.82) is 0 Å². The van der Waals surface area contributed by atoms with E-state index in [1.807, 2.05) is 23.9 Å². The molecule has 0 amide bonds. The summed E-state index contributed by atoms with van der Waals surface area (Å²) in [5.41, 5.74) is 0.849. The molecule has 0 aliphatic carbocycles. The second-order valence-corrected chi connectivity index (χ2v) is 5.86. The van der Waals surface area contributed by atoms with Crippen molar-refractivity contribution in [2.75, 3.05) is 24.6 Å². The van der Waals surface area contributed by atoms with E-state index >= 15 is 0 Å². The van der Waals surface area contributed by atoms with Crippen LogP contribution in [0.1, 0.15) is 0 Å². The van der Waals surface area contributed by atoms with Gasteiger partial charge in [0.05, 0.1) is 12.2 Å². The van der Waals surface area contributed by atoms with Crippen molar-refractivity contribution in [1.82, 2.24) is 19.7 Å².